The fraction of sp³-hybridized carbons (Fsp3) is 0.550. The zero-order valence-electron chi connectivity index (χ0n) is 17.2. The fourth-order valence-corrected chi connectivity index (χ4v) is 3.55. The maximum atomic E-state index is 6.33. The first-order valence-corrected chi connectivity index (χ1v) is 10.3. The first-order chi connectivity index (χ1) is 13.6. The van der Waals surface area contributed by atoms with Crippen LogP contribution in [0.15, 0.2) is 23.2 Å². The summed E-state index contributed by atoms with van der Waals surface area (Å²) in [6.07, 6.45) is 3.61. The number of benzene rings is 1. The van der Waals surface area contributed by atoms with Gasteiger partial charge < -0.3 is 15.4 Å². The van der Waals surface area contributed by atoms with Crippen LogP contribution >= 0.6 is 35.6 Å². The van der Waals surface area contributed by atoms with Crippen LogP contribution in [0.2, 0.25) is 5.02 Å². The number of ether oxygens (including phenoxy) is 1. The average Bonchev–Trinajstić information content (AvgIpc) is 3.11. The minimum Gasteiger partial charge on any atom is -0.497 e. The van der Waals surface area contributed by atoms with Gasteiger partial charge in [0.1, 0.15) is 11.6 Å². The van der Waals surface area contributed by atoms with Gasteiger partial charge in [0.05, 0.1) is 13.7 Å². The normalized spacial score (nSPS) is 16.0. The molecule has 0 bridgehead atoms. The lowest BCUT2D eigenvalue weighted by Gasteiger charge is -2.25. The Morgan fingerprint density at radius 1 is 1.38 bits per heavy atom. The molecule has 2 N–H and O–H groups in total. The van der Waals surface area contributed by atoms with E-state index >= 15 is 0 Å². The zero-order valence-corrected chi connectivity index (χ0v) is 20.3. The zero-order chi connectivity index (χ0) is 19.9. The summed E-state index contributed by atoms with van der Waals surface area (Å²) < 4.78 is 7.23. The Kier molecular flexibility index (Phi) is 9.48. The number of halogens is 2. The van der Waals surface area contributed by atoms with Gasteiger partial charge in [0.2, 0.25) is 0 Å². The van der Waals surface area contributed by atoms with Gasteiger partial charge in [-0.3, -0.25) is 4.99 Å². The molecule has 2 heterocycles. The van der Waals surface area contributed by atoms with Crippen molar-refractivity contribution >= 4 is 41.5 Å². The molecule has 0 aliphatic carbocycles. The van der Waals surface area contributed by atoms with Gasteiger partial charge in [0, 0.05) is 37.0 Å². The number of guanidine groups is 1. The number of rotatable bonds is 7. The summed E-state index contributed by atoms with van der Waals surface area (Å²) in [4.78, 5) is 9.30. The molecule has 160 valence electrons. The Morgan fingerprint density at radius 2 is 2.21 bits per heavy atom. The number of hydrogen-bond acceptors (Lipinski definition) is 4. The number of aryl methyl sites for hydroxylation is 2. The molecule has 3 rings (SSSR count). The summed E-state index contributed by atoms with van der Waals surface area (Å²) in [5.74, 6) is 3.61. The highest BCUT2D eigenvalue weighted by atomic mass is 127. The highest BCUT2D eigenvalue weighted by molar-refractivity contribution is 14.0. The van der Waals surface area contributed by atoms with Gasteiger partial charge in [0.15, 0.2) is 11.8 Å². The predicted octanol–water partition coefficient (Wildman–Crippen LogP) is 3.23. The van der Waals surface area contributed by atoms with Crippen molar-refractivity contribution in [1.82, 2.24) is 25.4 Å². The molecule has 1 unspecified atom stereocenters. The second kappa shape index (κ2) is 11.6. The Bertz CT molecular complexity index is 825. The SMILES string of the molecule is CCNC(=NCCc1ccc(OC)cc1Cl)NC1CCc2nc(CC)nn2C1.I. The summed E-state index contributed by atoms with van der Waals surface area (Å²) in [7, 11) is 1.64. The van der Waals surface area contributed by atoms with E-state index in [1.54, 1.807) is 7.11 Å². The topological polar surface area (TPSA) is 76.4 Å². The molecule has 1 aromatic carbocycles. The number of nitrogens with one attached hydrogen (secondary N) is 2. The quantitative estimate of drug-likeness (QED) is 0.325. The average molecular weight is 533 g/mol. The van der Waals surface area contributed by atoms with Crippen LogP contribution in [0, 0.1) is 0 Å². The summed E-state index contributed by atoms with van der Waals surface area (Å²) in [5.41, 5.74) is 1.07. The maximum absolute atomic E-state index is 6.33. The molecule has 7 nitrogen and oxygen atoms in total. The monoisotopic (exact) mass is 532 g/mol. The number of fused-ring (bicyclic) bond motifs is 1. The molecule has 0 fully saturated rings. The Balaban J connectivity index is 0.00000300. The molecular weight excluding hydrogens is 503 g/mol. The van der Waals surface area contributed by atoms with Crippen LogP contribution in [-0.4, -0.2) is 47.0 Å². The molecule has 0 saturated carbocycles. The molecule has 0 spiro atoms. The minimum absolute atomic E-state index is 0. The van der Waals surface area contributed by atoms with Crippen molar-refractivity contribution in [3.63, 3.8) is 0 Å². The van der Waals surface area contributed by atoms with Gasteiger partial charge in [-0.15, -0.1) is 24.0 Å². The second-order valence-electron chi connectivity index (χ2n) is 6.83. The third-order valence-electron chi connectivity index (χ3n) is 4.81. The number of nitrogens with zero attached hydrogens (tertiary/aromatic N) is 4. The van der Waals surface area contributed by atoms with Crippen molar-refractivity contribution in [3.8, 4) is 5.75 Å². The summed E-state index contributed by atoms with van der Waals surface area (Å²) in [6, 6.07) is 6.06. The second-order valence-corrected chi connectivity index (χ2v) is 7.24. The molecule has 1 aliphatic rings. The lowest BCUT2D eigenvalue weighted by atomic mass is 10.1. The van der Waals surface area contributed by atoms with Gasteiger partial charge in [-0.25, -0.2) is 9.67 Å². The van der Waals surface area contributed by atoms with Gasteiger partial charge in [0.25, 0.3) is 0 Å². The van der Waals surface area contributed by atoms with Crippen LogP contribution in [0.4, 0.5) is 0 Å². The van der Waals surface area contributed by atoms with Crippen molar-refractivity contribution in [2.75, 3.05) is 20.2 Å². The Morgan fingerprint density at radius 3 is 2.90 bits per heavy atom. The van der Waals surface area contributed by atoms with Crippen LogP contribution in [0.25, 0.3) is 0 Å². The summed E-state index contributed by atoms with van der Waals surface area (Å²) >= 11 is 6.33. The molecule has 9 heteroatoms. The molecule has 0 saturated heterocycles. The largest absolute Gasteiger partial charge is 0.497 e. The number of aromatic nitrogens is 3. The smallest absolute Gasteiger partial charge is 0.191 e. The summed E-state index contributed by atoms with van der Waals surface area (Å²) in [5, 5.41) is 12.2. The van der Waals surface area contributed by atoms with Gasteiger partial charge in [-0.2, -0.15) is 5.10 Å². The van der Waals surface area contributed by atoms with Gasteiger partial charge in [-0.1, -0.05) is 24.6 Å². The van der Waals surface area contributed by atoms with E-state index in [2.05, 4.69) is 34.6 Å². The maximum Gasteiger partial charge on any atom is 0.191 e. The van der Waals surface area contributed by atoms with Crippen molar-refractivity contribution in [1.29, 1.82) is 0 Å². The van der Waals surface area contributed by atoms with Crippen molar-refractivity contribution < 1.29 is 4.74 Å². The predicted molar refractivity (Wildman–Crippen MR) is 128 cm³/mol. The van der Waals surface area contributed by atoms with Crippen LogP contribution in [0.5, 0.6) is 5.75 Å². The minimum atomic E-state index is 0. The van der Waals surface area contributed by atoms with Crippen molar-refractivity contribution in [2.45, 2.75) is 52.1 Å². The molecule has 1 aliphatic heterocycles. The van der Waals surface area contributed by atoms with Crippen LogP contribution in [0.1, 0.15) is 37.5 Å². The third-order valence-corrected chi connectivity index (χ3v) is 5.17. The molecule has 0 amide bonds. The van der Waals surface area contributed by atoms with E-state index in [1.807, 2.05) is 22.9 Å². The van der Waals surface area contributed by atoms with Crippen LogP contribution in [-0.2, 0) is 25.8 Å². The number of hydrogen-bond donors (Lipinski definition) is 2. The molecule has 1 aromatic heterocycles. The Hall–Kier alpha value is -1.55. The standard InChI is InChI=1S/C20H29ClN6O.HI/c1-4-18-25-19-9-7-15(13-27(19)26-18)24-20(22-5-2)23-11-10-14-6-8-16(28-3)12-17(14)21;/h6,8,12,15H,4-5,7,9-11,13H2,1-3H3,(H2,22,23,24);1H. The van der Waals surface area contributed by atoms with E-state index in [-0.39, 0.29) is 24.0 Å². The van der Waals surface area contributed by atoms with Crippen LogP contribution in [0.3, 0.4) is 0 Å². The highest BCUT2D eigenvalue weighted by Gasteiger charge is 2.22. The van der Waals surface area contributed by atoms with Crippen molar-refractivity contribution in [3.05, 3.63) is 40.4 Å². The van der Waals surface area contributed by atoms with E-state index < -0.39 is 0 Å². The molecule has 2 aromatic rings. The third kappa shape index (κ3) is 6.47. The van der Waals surface area contributed by atoms with Gasteiger partial charge in [-0.05, 0) is 37.5 Å². The lowest BCUT2D eigenvalue weighted by Crippen LogP contribution is -2.47. The summed E-state index contributed by atoms with van der Waals surface area (Å²) in [6.45, 7) is 6.44. The fourth-order valence-electron chi connectivity index (χ4n) is 3.29. The van der Waals surface area contributed by atoms with E-state index in [0.717, 1.165) is 67.7 Å². The Labute approximate surface area is 194 Å². The number of methoxy groups -OCH3 is 1. The molecule has 1 atom stereocenters. The molecular formula is C20H30ClIN6O. The molecule has 0 radical (unpaired) electrons. The highest BCUT2D eigenvalue weighted by Crippen LogP contribution is 2.22. The lowest BCUT2D eigenvalue weighted by molar-refractivity contribution is 0.392. The van der Waals surface area contributed by atoms with Crippen LogP contribution < -0.4 is 15.4 Å². The first-order valence-electron chi connectivity index (χ1n) is 9.92. The van der Waals surface area contributed by atoms with E-state index in [9.17, 15) is 0 Å². The molecule has 29 heavy (non-hydrogen) atoms. The van der Waals surface area contributed by atoms with Crippen molar-refractivity contribution in [2.24, 2.45) is 4.99 Å². The van der Waals surface area contributed by atoms with E-state index in [4.69, 9.17) is 21.3 Å². The van der Waals surface area contributed by atoms with E-state index in [1.165, 1.54) is 0 Å². The first kappa shape index (κ1) is 23.7. The van der Waals surface area contributed by atoms with E-state index in [0.29, 0.717) is 17.6 Å². The number of aliphatic imine (C=N–C) groups is 1. The van der Waals surface area contributed by atoms with Gasteiger partial charge >= 0.3 is 0 Å².